The van der Waals surface area contributed by atoms with Gasteiger partial charge in [-0.2, -0.15) is 0 Å². The first kappa shape index (κ1) is 15.1. The van der Waals surface area contributed by atoms with Gasteiger partial charge in [-0.25, -0.2) is 0 Å². The van der Waals surface area contributed by atoms with Crippen LogP contribution < -0.4 is 5.32 Å². The number of rotatable bonds is 5. The minimum Gasteiger partial charge on any atom is -0.368 e. The van der Waals surface area contributed by atoms with E-state index in [2.05, 4.69) is 50.2 Å². The minimum absolute atomic E-state index is 1.05. The van der Waals surface area contributed by atoms with Crippen LogP contribution in [0.2, 0.25) is 0 Å². The number of nitrogens with one attached hydrogen (secondary N) is 1. The first-order chi connectivity index (χ1) is 8.60. The minimum atomic E-state index is 1.05. The van der Waals surface area contributed by atoms with Crippen molar-refractivity contribution in [3.63, 3.8) is 0 Å². The van der Waals surface area contributed by atoms with Crippen molar-refractivity contribution in [2.75, 3.05) is 26.2 Å². The number of piperazine rings is 1. The Morgan fingerprint density at radius 1 is 1.28 bits per heavy atom. The van der Waals surface area contributed by atoms with E-state index in [1.165, 1.54) is 16.2 Å². The summed E-state index contributed by atoms with van der Waals surface area (Å²) in [5.74, 6) is 0. The third-order valence-electron chi connectivity index (χ3n) is 3.15. The molecule has 1 N–H and O–H groups in total. The Morgan fingerprint density at radius 3 is 2.39 bits per heavy atom. The Balaban J connectivity index is 2.71. The van der Waals surface area contributed by atoms with Crippen LogP contribution >= 0.6 is 11.8 Å². The van der Waals surface area contributed by atoms with Gasteiger partial charge in [0.25, 0.3) is 0 Å². The molecule has 0 radical (unpaired) electrons. The largest absolute Gasteiger partial charge is 0.368 e. The van der Waals surface area contributed by atoms with Gasteiger partial charge < -0.3 is 10.2 Å². The summed E-state index contributed by atoms with van der Waals surface area (Å²) in [6.07, 6.45) is 4.06. The highest BCUT2D eigenvalue weighted by atomic mass is 32.2. The SMILES string of the molecule is C=C/C(C)=C(\C)SC(=C)/C(=C\C)N1CCNCC1. The van der Waals surface area contributed by atoms with Gasteiger partial charge in [0.15, 0.2) is 0 Å². The van der Waals surface area contributed by atoms with Crippen LogP contribution in [0.1, 0.15) is 20.8 Å². The molecule has 3 heteroatoms. The molecular weight excluding hydrogens is 240 g/mol. The van der Waals surface area contributed by atoms with Crippen molar-refractivity contribution >= 4 is 11.8 Å². The summed E-state index contributed by atoms with van der Waals surface area (Å²) >= 11 is 1.74. The monoisotopic (exact) mass is 264 g/mol. The summed E-state index contributed by atoms with van der Waals surface area (Å²) in [7, 11) is 0. The van der Waals surface area contributed by atoms with Crippen LogP contribution in [-0.4, -0.2) is 31.1 Å². The van der Waals surface area contributed by atoms with Crippen molar-refractivity contribution in [2.24, 2.45) is 0 Å². The lowest BCUT2D eigenvalue weighted by atomic mass is 10.3. The van der Waals surface area contributed by atoms with Gasteiger partial charge in [-0.05, 0) is 31.2 Å². The van der Waals surface area contributed by atoms with Crippen molar-refractivity contribution in [1.82, 2.24) is 10.2 Å². The smallest absolute Gasteiger partial charge is 0.0459 e. The van der Waals surface area contributed by atoms with Gasteiger partial charge in [0.1, 0.15) is 0 Å². The fourth-order valence-electron chi connectivity index (χ4n) is 1.89. The maximum atomic E-state index is 4.22. The zero-order valence-electron chi connectivity index (χ0n) is 11.8. The molecule has 1 rings (SSSR count). The summed E-state index contributed by atoms with van der Waals surface area (Å²) in [4.78, 5) is 4.80. The molecular formula is C15H24N2S. The molecule has 0 aromatic rings. The molecule has 0 aliphatic carbocycles. The topological polar surface area (TPSA) is 15.3 Å². The molecule has 1 fully saturated rings. The van der Waals surface area contributed by atoms with Crippen LogP contribution in [0.4, 0.5) is 0 Å². The van der Waals surface area contributed by atoms with Gasteiger partial charge in [-0.1, -0.05) is 37.1 Å². The first-order valence-corrected chi connectivity index (χ1v) is 7.20. The van der Waals surface area contributed by atoms with Crippen molar-refractivity contribution in [2.45, 2.75) is 20.8 Å². The Bertz CT molecular complexity index is 374. The molecule has 0 atom stereocenters. The van der Waals surface area contributed by atoms with Gasteiger partial charge in [-0.3, -0.25) is 0 Å². The second-order valence-corrected chi connectivity index (χ2v) is 5.69. The quantitative estimate of drug-likeness (QED) is 0.765. The molecule has 0 bridgehead atoms. The lowest BCUT2D eigenvalue weighted by Crippen LogP contribution is -2.42. The Labute approximate surface area is 116 Å². The standard InChI is InChI=1S/C15H24N2S/c1-6-12(3)13(4)18-14(5)15(7-2)17-10-8-16-9-11-17/h6-7,16H,1,5,8-11H2,2-4H3/b13-12+,15-7+. The summed E-state index contributed by atoms with van der Waals surface area (Å²) in [5.41, 5.74) is 2.48. The Morgan fingerprint density at radius 2 is 1.89 bits per heavy atom. The number of thioether (sulfide) groups is 1. The van der Waals surface area contributed by atoms with Crippen LogP contribution in [0.3, 0.4) is 0 Å². The highest BCUT2D eigenvalue weighted by Gasteiger charge is 2.15. The average molecular weight is 264 g/mol. The van der Waals surface area contributed by atoms with Crippen LogP contribution in [0, 0.1) is 0 Å². The molecule has 0 aromatic carbocycles. The van der Waals surface area contributed by atoms with Gasteiger partial charge in [0.05, 0.1) is 0 Å². The van der Waals surface area contributed by atoms with E-state index in [9.17, 15) is 0 Å². The summed E-state index contributed by atoms with van der Waals surface area (Å²) in [6.45, 7) is 18.5. The van der Waals surface area contributed by atoms with E-state index in [-0.39, 0.29) is 0 Å². The molecule has 0 saturated carbocycles. The van der Waals surface area contributed by atoms with Crippen LogP contribution in [0.15, 0.2) is 46.4 Å². The zero-order chi connectivity index (χ0) is 13.5. The fourth-order valence-corrected chi connectivity index (χ4v) is 2.85. The maximum absolute atomic E-state index is 4.22. The van der Waals surface area contributed by atoms with E-state index >= 15 is 0 Å². The summed E-state index contributed by atoms with van der Waals surface area (Å²) in [6, 6.07) is 0. The molecule has 1 heterocycles. The average Bonchev–Trinajstić information content (AvgIpc) is 2.39. The van der Waals surface area contributed by atoms with Crippen molar-refractivity contribution < 1.29 is 0 Å². The molecule has 0 spiro atoms. The Hall–Kier alpha value is -0.930. The van der Waals surface area contributed by atoms with Gasteiger partial charge >= 0.3 is 0 Å². The molecule has 1 aliphatic rings. The summed E-state index contributed by atoms with van der Waals surface area (Å²) in [5, 5.41) is 3.37. The second kappa shape index (κ2) is 7.49. The third-order valence-corrected chi connectivity index (χ3v) is 4.24. The van der Waals surface area contributed by atoms with Crippen molar-refractivity contribution in [1.29, 1.82) is 0 Å². The molecule has 0 unspecified atom stereocenters. The van der Waals surface area contributed by atoms with E-state index in [1.54, 1.807) is 11.8 Å². The molecule has 100 valence electrons. The van der Waals surface area contributed by atoms with Crippen molar-refractivity contribution in [3.8, 4) is 0 Å². The van der Waals surface area contributed by atoms with Crippen molar-refractivity contribution in [3.05, 3.63) is 46.4 Å². The normalized spacial score (nSPS) is 18.4. The molecule has 1 saturated heterocycles. The highest BCUT2D eigenvalue weighted by Crippen LogP contribution is 2.32. The molecule has 1 aliphatic heterocycles. The molecule has 2 nitrogen and oxygen atoms in total. The number of allylic oxidation sites excluding steroid dienone is 4. The van der Waals surface area contributed by atoms with E-state index in [0.29, 0.717) is 0 Å². The Kier molecular flexibility index (Phi) is 6.30. The predicted molar refractivity (Wildman–Crippen MR) is 83.5 cm³/mol. The van der Waals surface area contributed by atoms with E-state index < -0.39 is 0 Å². The van der Waals surface area contributed by atoms with Crippen LogP contribution in [0.25, 0.3) is 0 Å². The first-order valence-electron chi connectivity index (χ1n) is 6.39. The highest BCUT2D eigenvalue weighted by molar-refractivity contribution is 8.06. The fraction of sp³-hybridized carbons (Fsp3) is 0.467. The van der Waals surface area contributed by atoms with Gasteiger partial charge in [0, 0.05) is 36.8 Å². The van der Waals surface area contributed by atoms with Gasteiger partial charge in [-0.15, -0.1) is 0 Å². The summed E-state index contributed by atoms with van der Waals surface area (Å²) < 4.78 is 0. The number of hydrogen-bond donors (Lipinski definition) is 1. The maximum Gasteiger partial charge on any atom is 0.0459 e. The van der Waals surface area contributed by atoms with Gasteiger partial charge in [0.2, 0.25) is 0 Å². The van der Waals surface area contributed by atoms with E-state index in [1.807, 2.05) is 6.08 Å². The lowest BCUT2D eigenvalue weighted by molar-refractivity contribution is 0.306. The lowest BCUT2D eigenvalue weighted by Gasteiger charge is -2.32. The van der Waals surface area contributed by atoms with E-state index in [0.717, 1.165) is 31.1 Å². The molecule has 18 heavy (non-hydrogen) atoms. The van der Waals surface area contributed by atoms with Crippen LogP contribution in [-0.2, 0) is 0 Å². The van der Waals surface area contributed by atoms with Crippen LogP contribution in [0.5, 0.6) is 0 Å². The number of hydrogen-bond acceptors (Lipinski definition) is 3. The second-order valence-electron chi connectivity index (χ2n) is 4.38. The van der Waals surface area contributed by atoms with E-state index in [4.69, 9.17) is 0 Å². The predicted octanol–water partition coefficient (Wildman–Crippen LogP) is 3.52. The molecule has 0 amide bonds. The third kappa shape index (κ3) is 4.07. The zero-order valence-corrected chi connectivity index (χ0v) is 12.6. The number of nitrogens with zero attached hydrogens (tertiary/aromatic N) is 1. The molecule has 0 aromatic heterocycles.